The number of para-hydroxylation sites is 2. The van der Waals surface area contributed by atoms with Gasteiger partial charge in [-0.05, 0) is 24.0 Å². The Bertz CT molecular complexity index is 925. The molecule has 142 valence electrons. The quantitative estimate of drug-likeness (QED) is 0.679. The van der Waals surface area contributed by atoms with Gasteiger partial charge in [0.1, 0.15) is 12.4 Å². The number of halogens is 3. The standard InChI is InChI=1S/C19H18F3N3OS/c1-27-12-16-23-14-9-5-6-10-15(14)25(16)11-17(26)24-18(19(20,21)22)13-7-3-2-4-8-13/h2-10,18H,11-12H2,1H3,(H,24,26). The second-order valence-electron chi connectivity index (χ2n) is 5.99. The summed E-state index contributed by atoms with van der Waals surface area (Å²) in [6, 6.07) is 12.6. The molecule has 1 amide bonds. The summed E-state index contributed by atoms with van der Waals surface area (Å²) in [5.41, 5.74) is 1.43. The Morgan fingerprint density at radius 1 is 1.15 bits per heavy atom. The molecular formula is C19H18F3N3OS. The van der Waals surface area contributed by atoms with E-state index < -0.39 is 18.1 Å². The van der Waals surface area contributed by atoms with Crippen LogP contribution in [-0.4, -0.2) is 27.9 Å². The van der Waals surface area contributed by atoms with Crippen LogP contribution in [0.2, 0.25) is 0 Å². The molecule has 0 saturated carbocycles. The summed E-state index contributed by atoms with van der Waals surface area (Å²) < 4.78 is 42.0. The summed E-state index contributed by atoms with van der Waals surface area (Å²) in [7, 11) is 0. The van der Waals surface area contributed by atoms with Crippen molar-refractivity contribution in [2.75, 3.05) is 6.26 Å². The van der Waals surface area contributed by atoms with Crippen LogP contribution in [0.1, 0.15) is 17.4 Å². The van der Waals surface area contributed by atoms with Gasteiger partial charge in [0, 0.05) is 0 Å². The fourth-order valence-electron chi connectivity index (χ4n) is 2.89. The van der Waals surface area contributed by atoms with Crippen LogP contribution >= 0.6 is 11.8 Å². The highest BCUT2D eigenvalue weighted by Gasteiger charge is 2.41. The van der Waals surface area contributed by atoms with Gasteiger partial charge in [0.25, 0.3) is 0 Å². The Hall–Kier alpha value is -2.48. The lowest BCUT2D eigenvalue weighted by molar-refractivity contribution is -0.163. The molecule has 0 bridgehead atoms. The molecule has 3 rings (SSSR count). The predicted octanol–water partition coefficient (Wildman–Crippen LogP) is 4.32. The fourth-order valence-corrected chi connectivity index (χ4v) is 3.37. The molecule has 0 spiro atoms. The van der Waals surface area contributed by atoms with Crippen molar-refractivity contribution in [3.8, 4) is 0 Å². The Labute approximate surface area is 158 Å². The van der Waals surface area contributed by atoms with Gasteiger partial charge in [0.05, 0.1) is 16.8 Å². The lowest BCUT2D eigenvalue weighted by atomic mass is 10.1. The molecule has 1 atom stereocenters. The van der Waals surface area contributed by atoms with Gasteiger partial charge in [-0.2, -0.15) is 24.9 Å². The molecule has 3 aromatic rings. The molecule has 1 heterocycles. The number of amides is 1. The van der Waals surface area contributed by atoms with E-state index in [1.165, 1.54) is 36.0 Å². The van der Waals surface area contributed by atoms with Crippen molar-refractivity contribution in [1.82, 2.24) is 14.9 Å². The van der Waals surface area contributed by atoms with Gasteiger partial charge < -0.3 is 9.88 Å². The van der Waals surface area contributed by atoms with E-state index in [0.717, 1.165) is 5.52 Å². The molecule has 1 unspecified atom stereocenters. The van der Waals surface area contributed by atoms with Gasteiger partial charge in [0.2, 0.25) is 5.91 Å². The maximum atomic E-state index is 13.5. The topological polar surface area (TPSA) is 46.9 Å². The maximum Gasteiger partial charge on any atom is 0.412 e. The zero-order valence-electron chi connectivity index (χ0n) is 14.5. The van der Waals surface area contributed by atoms with E-state index in [1.54, 1.807) is 16.7 Å². The van der Waals surface area contributed by atoms with Crippen molar-refractivity contribution >= 4 is 28.7 Å². The molecule has 0 saturated heterocycles. The number of alkyl halides is 3. The van der Waals surface area contributed by atoms with Crippen LogP contribution < -0.4 is 5.32 Å². The predicted molar refractivity (Wildman–Crippen MR) is 100 cm³/mol. The molecule has 0 radical (unpaired) electrons. The smallest absolute Gasteiger partial charge is 0.339 e. The van der Waals surface area contributed by atoms with E-state index in [9.17, 15) is 18.0 Å². The Morgan fingerprint density at radius 3 is 2.48 bits per heavy atom. The number of hydrogen-bond acceptors (Lipinski definition) is 3. The van der Waals surface area contributed by atoms with Crippen molar-refractivity contribution in [2.45, 2.75) is 24.5 Å². The third-order valence-corrected chi connectivity index (χ3v) is 4.62. The van der Waals surface area contributed by atoms with Crippen molar-refractivity contribution < 1.29 is 18.0 Å². The number of nitrogens with one attached hydrogen (secondary N) is 1. The van der Waals surface area contributed by atoms with E-state index in [2.05, 4.69) is 10.3 Å². The molecule has 1 N–H and O–H groups in total. The zero-order valence-corrected chi connectivity index (χ0v) is 15.3. The second kappa shape index (κ2) is 8.04. The van der Waals surface area contributed by atoms with Crippen molar-refractivity contribution in [1.29, 1.82) is 0 Å². The van der Waals surface area contributed by atoms with E-state index in [1.807, 2.05) is 24.5 Å². The molecule has 8 heteroatoms. The van der Waals surface area contributed by atoms with Crippen LogP contribution in [-0.2, 0) is 17.1 Å². The van der Waals surface area contributed by atoms with Gasteiger partial charge in [0.15, 0.2) is 6.04 Å². The van der Waals surface area contributed by atoms with Crippen molar-refractivity contribution in [2.24, 2.45) is 0 Å². The SMILES string of the molecule is CSCc1nc2ccccc2n1CC(=O)NC(c1ccccc1)C(F)(F)F. The Balaban J connectivity index is 1.86. The third-order valence-electron chi connectivity index (χ3n) is 4.07. The Morgan fingerprint density at radius 2 is 1.81 bits per heavy atom. The average molecular weight is 393 g/mol. The van der Waals surface area contributed by atoms with Crippen molar-refractivity contribution in [3.63, 3.8) is 0 Å². The van der Waals surface area contributed by atoms with Crippen LogP contribution in [0.4, 0.5) is 13.2 Å². The van der Waals surface area contributed by atoms with E-state index in [4.69, 9.17) is 0 Å². The lowest BCUT2D eigenvalue weighted by Gasteiger charge is -2.22. The third kappa shape index (κ3) is 4.44. The highest BCUT2D eigenvalue weighted by Crippen LogP contribution is 2.32. The van der Waals surface area contributed by atoms with Crippen molar-refractivity contribution in [3.05, 3.63) is 66.0 Å². The number of imidazole rings is 1. The summed E-state index contributed by atoms with van der Waals surface area (Å²) in [5.74, 6) is 0.498. The normalized spacial score (nSPS) is 12.9. The van der Waals surface area contributed by atoms with E-state index in [0.29, 0.717) is 17.1 Å². The molecule has 0 aliphatic heterocycles. The molecular weight excluding hydrogens is 375 g/mol. The first kappa shape index (κ1) is 19.3. The number of rotatable bonds is 6. The second-order valence-corrected chi connectivity index (χ2v) is 6.85. The monoisotopic (exact) mass is 393 g/mol. The highest BCUT2D eigenvalue weighted by atomic mass is 32.2. The van der Waals surface area contributed by atoms with Crippen LogP contribution in [0.25, 0.3) is 11.0 Å². The number of thioether (sulfide) groups is 1. The van der Waals surface area contributed by atoms with E-state index in [-0.39, 0.29) is 12.1 Å². The Kier molecular flexibility index (Phi) is 5.74. The van der Waals surface area contributed by atoms with E-state index >= 15 is 0 Å². The molecule has 0 fully saturated rings. The number of nitrogens with zero attached hydrogens (tertiary/aromatic N) is 2. The summed E-state index contributed by atoms with van der Waals surface area (Å²) in [6.45, 7) is -0.226. The molecule has 0 aliphatic rings. The summed E-state index contributed by atoms with van der Waals surface area (Å²) in [6.07, 6.45) is -2.69. The molecule has 27 heavy (non-hydrogen) atoms. The zero-order chi connectivity index (χ0) is 19.4. The minimum Gasteiger partial charge on any atom is -0.339 e. The minimum atomic E-state index is -4.59. The minimum absolute atomic E-state index is 0.00169. The number of benzene rings is 2. The number of carbonyl (C=O) groups excluding carboxylic acids is 1. The highest BCUT2D eigenvalue weighted by molar-refractivity contribution is 7.97. The maximum absolute atomic E-state index is 13.5. The van der Waals surface area contributed by atoms with Gasteiger partial charge in [-0.1, -0.05) is 42.5 Å². The number of fused-ring (bicyclic) bond motifs is 1. The number of hydrogen-bond donors (Lipinski definition) is 1. The van der Waals surface area contributed by atoms with Gasteiger partial charge >= 0.3 is 6.18 Å². The average Bonchev–Trinajstić information content (AvgIpc) is 2.97. The van der Waals surface area contributed by atoms with Crippen LogP contribution in [0.5, 0.6) is 0 Å². The summed E-state index contributed by atoms with van der Waals surface area (Å²) in [4.78, 5) is 17.0. The number of aromatic nitrogens is 2. The van der Waals surface area contributed by atoms with Crippen LogP contribution in [0.3, 0.4) is 0 Å². The molecule has 0 aliphatic carbocycles. The summed E-state index contributed by atoms with van der Waals surface area (Å²) in [5, 5.41) is 2.13. The van der Waals surface area contributed by atoms with Gasteiger partial charge in [-0.25, -0.2) is 4.98 Å². The van der Waals surface area contributed by atoms with Crippen LogP contribution in [0.15, 0.2) is 54.6 Å². The van der Waals surface area contributed by atoms with Gasteiger partial charge in [-0.3, -0.25) is 4.79 Å². The van der Waals surface area contributed by atoms with Crippen LogP contribution in [0, 0.1) is 0 Å². The first-order chi connectivity index (χ1) is 12.9. The molecule has 4 nitrogen and oxygen atoms in total. The first-order valence-electron chi connectivity index (χ1n) is 8.24. The largest absolute Gasteiger partial charge is 0.412 e. The molecule has 2 aromatic carbocycles. The summed E-state index contributed by atoms with van der Waals surface area (Å²) >= 11 is 1.53. The number of carbonyl (C=O) groups is 1. The van der Waals surface area contributed by atoms with Gasteiger partial charge in [-0.15, -0.1) is 0 Å². The fraction of sp³-hybridized carbons (Fsp3) is 0.263. The lowest BCUT2D eigenvalue weighted by Crippen LogP contribution is -2.39. The first-order valence-corrected chi connectivity index (χ1v) is 9.63. The molecule has 1 aromatic heterocycles.